The van der Waals surface area contributed by atoms with Gasteiger partial charge in [-0.05, 0) is 17.9 Å². The lowest BCUT2D eigenvalue weighted by Gasteiger charge is -2.37. The molecule has 5 rings (SSSR count). The Hall–Kier alpha value is -2.91. The Morgan fingerprint density at radius 3 is 1.80 bits per heavy atom. The number of carbonyl (C=O) groups excluding carboxylic acids is 1. The van der Waals surface area contributed by atoms with E-state index in [-0.39, 0.29) is 5.92 Å². The maximum atomic E-state index is 13.1. The number of hydrogen-bond donors (Lipinski definition) is 1. The highest BCUT2D eigenvalue weighted by Crippen LogP contribution is 2.48. The molecule has 1 saturated carbocycles. The maximum absolute atomic E-state index is 13.1. The predicted molar refractivity (Wildman–Crippen MR) is 119 cm³/mol. The molecular weight excluding hydrogens is 368 g/mol. The third-order valence-electron chi connectivity index (χ3n) is 6.73. The van der Waals surface area contributed by atoms with E-state index in [1.165, 1.54) is 16.7 Å². The van der Waals surface area contributed by atoms with Crippen molar-refractivity contribution in [1.82, 2.24) is 4.90 Å². The lowest BCUT2D eigenvalue weighted by atomic mass is 9.96. The number of carbonyl (C=O) groups is 1. The average Bonchev–Trinajstić information content (AvgIpc) is 3.62. The summed E-state index contributed by atoms with van der Waals surface area (Å²) in [6.07, 6.45) is 1.01. The van der Waals surface area contributed by atoms with Gasteiger partial charge in [0.15, 0.2) is 0 Å². The van der Waals surface area contributed by atoms with Crippen molar-refractivity contribution in [1.29, 1.82) is 0 Å². The summed E-state index contributed by atoms with van der Waals surface area (Å²) in [5, 5.41) is 0. The van der Waals surface area contributed by atoms with Gasteiger partial charge in [0.25, 0.3) is 0 Å². The third kappa shape index (κ3) is 3.90. The van der Waals surface area contributed by atoms with Crippen LogP contribution in [0.2, 0.25) is 0 Å². The summed E-state index contributed by atoms with van der Waals surface area (Å²) in [6, 6.07) is 32.4. The molecule has 0 spiro atoms. The van der Waals surface area contributed by atoms with Gasteiger partial charge in [0, 0.05) is 17.0 Å². The lowest BCUT2D eigenvalue weighted by molar-refractivity contribution is -0.929. The van der Waals surface area contributed by atoms with Gasteiger partial charge >= 0.3 is 0 Å². The molecular formula is C27H29N2O+. The number of hydrogen-bond acceptors (Lipinski definition) is 1. The molecule has 1 aliphatic heterocycles. The fourth-order valence-electron chi connectivity index (χ4n) is 5.03. The van der Waals surface area contributed by atoms with Crippen LogP contribution in [0.5, 0.6) is 0 Å². The second kappa shape index (κ2) is 8.45. The first-order valence-corrected chi connectivity index (χ1v) is 11.1. The van der Waals surface area contributed by atoms with E-state index in [4.69, 9.17) is 0 Å². The van der Waals surface area contributed by atoms with Crippen molar-refractivity contribution in [3.05, 3.63) is 108 Å². The molecule has 0 radical (unpaired) electrons. The predicted octanol–water partition coefficient (Wildman–Crippen LogP) is 3.31. The van der Waals surface area contributed by atoms with Crippen molar-refractivity contribution in [3.63, 3.8) is 0 Å². The van der Waals surface area contributed by atoms with Crippen LogP contribution in [-0.2, 0) is 4.79 Å². The molecule has 3 aromatic carbocycles. The molecule has 1 saturated heterocycles. The van der Waals surface area contributed by atoms with E-state index < -0.39 is 0 Å². The highest BCUT2D eigenvalue weighted by molar-refractivity contribution is 5.83. The Kier molecular flexibility index (Phi) is 5.37. The average molecular weight is 398 g/mol. The second-order valence-corrected chi connectivity index (χ2v) is 8.60. The Balaban J connectivity index is 1.26. The summed E-state index contributed by atoms with van der Waals surface area (Å²) in [7, 11) is 0. The lowest BCUT2D eigenvalue weighted by Crippen LogP contribution is -3.15. The van der Waals surface area contributed by atoms with Gasteiger partial charge < -0.3 is 9.80 Å². The third-order valence-corrected chi connectivity index (χ3v) is 6.73. The van der Waals surface area contributed by atoms with E-state index in [0.717, 1.165) is 32.6 Å². The molecule has 1 amide bonds. The fourth-order valence-corrected chi connectivity index (χ4v) is 5.03. The normalized spacial score (nSPS) is 21.6. The molecule has 152 valence electrons. The van der Waals surface area contributed by atoms with Crippen LogP contribution in [0.15, 0.2) is 91.0 Å². The summed E-state index contributed by atoms with van der Waals surface area (Å²) in [5.41, 5.74) is 4.02. The number of amides is 1. The van der Waals surface area contributed by atoms with Crippen LogP contribution in [0, 0.1) is 5.92 Å². The number of quaternary nitrogens is 1. The zero-order chi connectivity index (χ0) is 20.3. The van der Waals surface area contributed by atoms with Gasteiger partial charge in [0.1, 0.15) is 6.04 Å². The van der Waals surface area contributed by atoms with Gasteiger partial charge in [-0.25, -0.2) is 0 Å². The minimum Gasteiger partial charge on any atom is -0.331 e. The Labute approximate surface area is 178 Å². The van der Waals surface area contributed by atoms with Crippen LogP contribution >= 0.6 is 0 Å². The number of piperazine rings is 1. The van der Waals surface area contributed by atoms with Crippen LogP contribution in [0.3, 0.4) is 0 Å². The van der Waals surface area contributed by atoms with Crippen LogP contribution in [0.25, 0.3) is 0 Å². The summed E-state index contributed by atoms with van der Waals surface area (Å²) < 4.78 is 0. The first-order valence-electron chi connectivity index (χ1n) is 11.1. The summed E-state index contributed by atoms with van der Waals surface area (Å²) in [6.45, 7) is 3.68. The minimum absolute atomic E-state index is 0.188. The van der Waals surface area contributed by atoms with E-state index in [0.29, 0.717) is 17.9 Å². The topological polar surface area (TPSA) is 24.8 Å². The molecule has 1 N–H and O–H groups in total. The first-order chi connectivity index (χ1) is 14.8. The standard InChI is InChI=1S/C27H28N2O/c30-27(25-20-24(25)21-10-4-1-5-11-21)29-18-16-28(17-19-29)26(22-12-6-2-7-13-22)23-14-8-3-9-15-23/h1-15,24-26H,16-20H2/p+1/t24-,25-/m1/s1. The maximum Gasteiger partial charge on any atom is 0.226 e. The van der Waals surface area contributed by atoms with Crippen molar-refractivity contribution in [2.75, 3.05) is 26.2 Å². The van der Waals surface area contributed by atoms with Crippen LogP contribution < -0.4 is 4.90 Å². The monoisotopic (exact) mass is 397 g/mol. The van der Waals surface area contributed by atoms with E-state index in [1.54, 1.807) is 4.90 Å². The SMILES string of the molecule is O=C([C@@H]1C[C@@H]1c1ccccc1)N1CC[NH+](C(c2ccccc2)c2ccccc2)CC1. The Bertz CT molecular complexity index is 926. The van der Waals surface area contributed by atoms with E-state index in [9.17, 15) is 4.79 Å². The van der Waals surface area contributed by atoms with Crippen molar-refractivity contribution in [2.45, 2.75) is 18.4 Å². The number of benzene rings is 3. The van der Waals surface area contributed by atoms with Crippen LogP contribution in [-0.4, -0.2) is 37.0 Å². The number of rotatable bonds is 5. The number of nitrogens with one attached hydrogen (secondary N) is 1. The molecule has 3 heteroatoms. The van der Waals surface area contributed by atoms with Crippen LogP contribution in [0.4, 0.5) is 0 Å². The van der Waals surface area contributed by atoms with Crippen molar-refractivity contribution < 1.29 is 9.69 Å². The molecule has 1 heterocycles. The Morgan fingerprint density at radius 2 is 1.27 bits per heavy atom. The first kappa shape index (κ1) is 19.1. The van der Waals surface area contributed by atoms with Gasteiger partial charge in [-0.3, -0.25) is 4.79 Å². The summed E-state index contributed by atoms with van der Waals surface area (Å²) in [5.74, 6) is 0.970. The molecule has 2 atom stereocenters. The molecule has 1 aliphatic carbocycles. The van der Waals surface area contributed by atoms with E-state index >= 15 is 0 Å². The van der Waals surface area contributed by atoms with E-state index in [2.05, 4.69) is 89.8 Å². The second-order valence-electron chi connectivity index (χ2n) is 8.60. The summed E-state index contributed by atoms with van der Waals surface area (Å²) >= 11 is 0. The van der Waals surface area contributed by atoms with Gasteiger partial charge in [-0.15, -0.1) is 0 Å². The number of nitrogens with zero attached hydrogens (tertiary/aromatic N) is 1. The molecule has 3 nitrogen and oxygen atoms in total. The van der Waals surface area contributed by atoms with Crippen LogP contribution in [0.1, 0.15) is 35.1 Å². The minimum atomic E-state index is 0.188. The Morgan fingerprint density at radius 1 is 0.767 bits per heavy atom. The molecule has 0 bridgehead atoms. The zero-order valence-electron chi connectivity index (χ0n) is 17.3. The molecule has 3 aromatic rings. The van der Waals surface area contributed by atoms with Crippen molar-refractivity contribution in [2.24, 2.45) is 5.92 Å². The smallest absolute Gasteiger partial charge is 0.226 e. The quantitative estimate of drug-likeness (QED) is 0.702. The van der Waals surface area contributed by atoms with Crippen molar-refractivity contribution >= 4 is 5.91 Å². The summed E-state index contributed by atoms with van der Waals surface area (Å²) in [4.78, 5) is 16.7. The van der Waals surface area contributed by atoms with Gasteiger partial charge in [0.05, 0.1) is 26.2 Å². The van der Waals surface area contributed by atoms with Crippen molar-refractivity contribution in [3.8, 4) is 0 Å². The zero-order valence-corrected chi connectivity index (χ0v) is 17.3. The highest BCUT2D eigenvalue weighted by atomic mass is 16.2. The van der Waals surface area contributed by atoms with Gasteiger partial charge in [0.2, 0.25) is 5.91 Å². The van der Waals surface area contributed by atoms with Gasteiger partial charge in [-0.2, -0.15) is 0 Å². The fraction of sp³-hybridized carbons (Fsp3) is 0.296. The molecule has 30 heavy (non-hydrogen) atoms. The largest absolute Gasteiger partial charge is 0.331 e. The molecule has 2 aliphatic rings. The van der Waals surface area contributed by atoms with E-state index in [1.807, 2.05) is 6.07 Å². The molecule has 0 unspecified atom stereocenters. The molecule has 0 aromatic heterocycles. The molecule has 2 fully saturated rings. The van der Waals surface area contributed by atoms with Gasteiger partial charge in [-0.1, -0.05) is 91.0 Å². The highest BCUT2D eigenvalue weighted by Gasteiger charge is 2.46.